The molecule has 2 aliphatic rings. The molecule has 1 saturated heterocycles. The lowest BCUT2D eigenvalue weighted by molar-refractivity contribution is -0.156. The van der Waals surface area contributed by atoms with Crippen molar-refractivity contribution in [2.75, 3.05) is 19.7 Å². The Bertz CT molecular complexity index is 278. The summed E-state index contributed by atoms with van der Waals surface area (Å²) < 4.78 is 5.13. The molecular weight excluding hydrogens is 218 g/mol. The summed E-state index contributed by atoms with van der Waals surface area (Å²) in [7, 11) is 0. The van der Waals surface area contributed by atoms with Crippen LogP contribution in [0.3, 0.4) is 0 Å². The number of likely N-dealkylation sites (tertiary alicyclic amines) is 1. The molecule has 2 fully saturated rings. The second-order valence-corrected chi connectivity index (χ2v) is 5.03. The average molecular weight is 239 g/mol. The van der Waals surface area contributed by atoms with Crippen LogP contribution in [0.5, 0.6) is 0 Å². The Kier molecular flexibility index (Phi) is 4.40. The van der Waals surface area contributed by atoms with Gasteiger partial charge in [0.2, 0.25) is 0 Å². The lowest BCUT2D eigenvalue weighted by atomic mass is 9.89. The molecule has 0 spiro atoms. The van der Waals surface area contributed by atoms with E-state index in [1.54, 1.807) is 4.90 Å². The highest BCUT2D eigenvalue weighted by molar-refractivity contribution is 5.81. The maximum atomic E-state index is 11.7. The minimum Gasteiger partial charge on any atom is -0.455 e. The van der Waals surface area contributed by atoms with Crippen LogP contribution in [-0.2, 0) is 14.3 Å². The van der Waals surface area contributed by atoms with E-state index in [1.807, 2.05) is 0 Å². The maximum absolute atomic E-state index is 11.7. The van der Waals surface area contributed by atoms with E-state index in [0.717, 1.165) is 51.6 Å². The Morgan fingerprint density at radius 2 is 1.65 bits per heavy atom. The van der Waals surface area contributed by atoms with Gasteiger partial charge < -0.3 is 9.64 Å². The second-order valence-electron chi connectivity index (χ2n) is 5.03. The van der Waals surface area contributed by atoms with Crippen molar-refractivity contribution in [1.82, 2.24) is 4.90 Å². The van der Waals surface area contributed by atoms with Crippen LogP contribution < -0.4 is 0 Å². The summed E-state index contributed by atoms with van der Waals surface area (Å²) in [6.07, 6.45) is 7.44. The van der Waals surface area contributed by atoms with Crippen LogP contribution in [0.15, 0.2) is 0 Å². The van der Waals surface area contributed by atoms with Gasteiger partial charge in [-0.05, 0) is 25.7 Å². The Hall–Kier alpha value is -1.06. The highest BCUT2D eigenvalue weighted by atomic mass is 16.5. The van der Waals surface area contributed by atoms with Crippen molar-refractivity contribution in [1.29, 1.82) is 0 Å². The smallest absolute Gasteiger partial charge is 0.309 e. The third kappa shape index (κ3) is 3.45. The van der Waals surface area contributed by atoms with Gasteiger partial charge in [0, 0.05) is 13.1 Å². The highest BCUT2D eigenvalue weighted by Crippen LogP contribution is 2.24. The van der Waals surface area contributed by atoms with E-state index in [4.69, 9.17) is 4.74 Å². The number of carbonyl (C=O) groups excluding carboxylic acids is 2. The Labute approximate surface area is 102 Å². The minimum atomic E-state index is -0.169. The first-order chi connectivity index (χ1) is 8.27. The number of nitrogens with zero attached hydrogens (tertiary/aromatic N) is 1. The van der Waals surface area contributed by atoms with Crippen LogP contribution in [0.4, 0.5) is 0 Å². The van der Waals surface area contributed by atoms with E-state index >= 15 is 0 Å². The predicted molar refractivity (Wildman–Crippen MR) is 63.3 cm³/mol. The zero-order chi connectivity index (χ0) is 12.1. The molecule has 0 aromatic rings. The van der Waals surface area contributed by atoms with E-state index < -0.39 is 0 Å². The summed E-state index contributed by atoms with van der Waals surface area (Å²) in [4.78, 5) is 25.2. The van der Waals surface area contributed by atoms with Gasteiger partial charge in [0.25, 0.3) is 5.91 Å². The van der Waals surface area contributed by atoms with Gasteiger partial charge in [-0.1, -0.05) is 19.3 Å². The molecule has 96 valence electrons. The molecule has 4 heteroatoms. The highest BCUT2D eigenvalue weighted by Gasteiger charge is 2.24. The Morgan fingerprint density at radius 1 is 1.00 bits per heavy atom. The van der Waals surface area contributed by atoms with Gasteiger partial charge in [0.05, 0.1) is 5.92 Å². The van der Waals surface area contributed by atoms with Gasteiger partial charge >= 0.3 is 5.97 Å². The summed E-state index contributed by atoms with van der Waals surface area (Å²) in [5, 5.41) is 0. The third-order valence-corrected chi connectivity index (χ3v) is 3.74. The summed E-state index contributed by atoms with van der Waals surface area (Å²) in [5.74, 6) is -0.168. The topological polar surface area (TPSA) is 46.6 Å². The van der Waals surface area contributed by atoms with E-state index in [-0.39, 0.29) is 24.4 Å². The molecule has 1 aliphatic heterocycles. The number of carbonyl (C=O) groups is 2. The molecule has 0 N–H and O–H groups in total. The quantitative estimate of drug-likeness (QED) is 0.705. The first-order valence-corrected chi connectivity index (χ1v) is 6.72. The van der Waals surface area contributed by atoms with Crippen molar-refractivity contribution in [3.63, 3.8) is 0 Å². The molecule has 0 bridgehead atoms. The second kappa shape index (κ2) is 6.03. The van der Waals surface area contributed by atoms with Crippen molar-refractivity contribution >= 4 is 11.9 Å². The molecule has 4 nitrogen and oxygen atoms in total. The minimum absolute atomic E-state index is 0.0355. The normalized spacial score (nSPS) is 21.5. The summed E-state index contributed by atoms with van der Waals surface area (Å²) >= 11 is 0. The fourth-order valence-corrected chi connectivity index (χ4v) is 2.65. The van der Waals surface area contributed by atoms with E-state index in [2.05, 4.69) is 0 Å². The van der Waals surface area contributed by atoms with Gasteiger partial charge in [-0.15, -0.1) is 0 Å². The molecule has 17 heavy (non-hydrogen) atoms. The summed E-state index contributed by atoms with van der Waals surface area (Å²) in [5.41, 5.74) is 0. The SMILES string of the molecule is O=C(OCC(=O)N1CCCC1)C1CCCCC1. The number of hydrogen-bond acceptors (Lipinski definition) is 3. The van der Waals surface area contributed by atoms with Crippen LogP contribution in [0, 0.1) is 5.92 Å². The Morgan fingerprint density at radius 3 is 2.29 bits per heavy atom. The molecule has 0 unspecified atom stereocenters. The van der Waals surface area contributed by atoms with Gasteiger partial charge in [0.15, 0.2) is 6.61 Å². The van der Waals surface area contributed by atoms with E-state index in [1.165, 1.54) is 6.42 Å². The molecule has 2 rings (SSSR count). The monoisotopic (exact) mass is 239 g/mol. The fraction of sp³-hybridized carbons (Fsp3) is 0.846. The van der Waals surface area contributed by atoms with Gasteiger partial charge in [-0.3, -0.25) is 9.59 Å². The third-order valence-electron chi connectivity index (χ3n) is 3.74. The van der Waals surface area contributed by atoms with Crippen LogP contribution >= 0.6 is 0 Å². The molecule has 0 aromatic carbocycles. The number of hydrogen-bond donors (Lipinski definition) is 0. The number of amides is 1. The number of ether oxygens (including phenoxy) is 1. The van der Waals surface area contributed by atoms with Gasteiger partial charge in [0.1, 0.15) is 0 Å². The van der Waals surface area contributed by atoms with Crippen molar-refractivity contribution in [3.05, 3.63) is 0 Å². The van der Waals surface area contributed by atoms with Crippen LogP contribution in [0.1, 0.15) is 44.9 Å². The van der Waals surface area contributed by atoms with Gasteiger partial charge in [-0.2, -0.15) is 0 Å². The Balaban J connectivity index is 1.69. The fourth-order valence-electron chi connectivity index (χ4n) is 2.65. The number of rotatable bonds is 3. The van der Waals surface area contributed by atoms with E-state index in [0.29, 0.717) is 0 Å². The molecule has 1 heterocycles. The molecule has 1 aliphatic carbocycles. The largest absolute Gasteiger partial charge is 0.455 e. The standard InChI is InChI=1S/C13H21NO3/c15-12(14-8-4-5-9-14)10-17-13(16)11-6-2-1-3-7-11/h11H,1-10H2. The lowest BCUT2D eigenvalue weighted by Gasteiger charge is -2.21. The zero-order valence-corrected chi connectivity index (χ0v) is 10.3. The first kappa shape index (κ1) is 12.4. The molecular formula is C13H21NO3. The van der Waals surface area contributed by atoms with Crippen molar-refractivity contribution in [2.24, 2.45) is 5.92 Å². The molecule has 0 aromatic heterocycles. The summed E-state index contributed by atoms with van der Waals surface area (Å²) in [6.45, 7) is 1.58. The molecule has 1 amide bonds. The zero-order valence-electron chi connectivity index (χ0n) is 10.3. The summed E-state index contributed by atoms with van der Waals surface area (Å²) in [6, 6.07) is 0. The van der Waals surface area contributed by atoms with Crippen molar-refractivity contribution in [3.8, 4) is 0 Å². The maximum Gasteiger partial charge on any atom is 0.309 e. The van der Waals surface area contributed by atoms with Crippen LogP contribution in [-0.4, -0.2) is 36.5 Å². The van der Waals surface area contributed by atoms with E-state index in [9.17, 15) is 9.59 Å². The first-order valence-electron chi connectivity index (χ1n) is 6.72. The van der Waals surface area contributed by atoms with Crippen LogP contribution in [0.2, 0.25) is 0 Å². The van der Waals surface area contributed by atoms with Crippen LogP contribution in [0.25, 0.3) is 0 Å². The lowest BCUT2D eigenvalue weighted by Crippen LogP contribution is -2.33. The molecule has 0 radical (unpaired) electrons. The molecule has 1 saturated carbocycles. The number of esters is 1. The van der Waals surface area contributed by atoms with Gasteiger partial charge in [-0.25, -0.2) is 0 Å². The predicted octanol–water partition coefficient (Wildman–Crippen LogP) is 1.73. The average Bonchev–Trinajstić information content (AvgIpc) is 2.90. The van der Waals surface area contributed by atoms with Crippen molar-refractivity contribution < 1.29 is 14.3 Å². The van der Waals surface area contributed by atoms with Crippen molar-refractivity contribution in [2.45, 2.75) is 44.9 Å². The molecule has 0 atom stereocenters.